The van der Waals surface area contributed by atoms with Gasteiger partial charge in [0.1, 0.15) is 5.75 Å². The van der Waals surface area contributed by atoms with Crippen molar-refractivity contribution in [3.8, 4) is 5.75 Å². The monoisotopic (exact) mass is 395 g/mol. The number of amides is 2. The molecule has 0 saturated heterocycles. The molecule has 6 nitrogen and oxygen atoms in total. The first-order chi connectivity index (χ1) is 13.6. The molecule has 0 radical (unpaired) electrons. The van der Waals surface area contributed by atoms with Crippen LogP contribution in [0.25, 0.3) is 0 Å². The van der Waals surface area contributed by atoms with Gasteiger partial charge in [-0.05, 0) is 49.3 Å². The smallest absolute Gasteiger partial charge is 0.265 e. The van der Waals surface area contributed by atoms with Crippen LogP contribution in [-0.2, 0) is 10.2 Å². The minimum atomic E-state index is -0.179. The lowest BCUT2D eigenvalue weighted by atomic mass is 9.87. The van der Waals surface area contributed by atoms with Crippen molar-refractivity contribution in [1.29, 1.82) is 0 Å². The van der Waals surface area contributed by atoms with Crippen molar-refractivity contribution in [2.45, 2.75) is 26.2 Å². The second-order valence-corrected chi connectivity index (χ2v) is 8.60. The fourth-order valence-corrected chi connectivity index (χ4v) is 3.15. The molecule has 154 valence electrons. The number of benzene rings is 2. The first-order valence-corrected chi connectivity index (χ1v) is 9.79. The third kappa shape index (κ3) is 4.95. The van der Waals surface area contributed by atoms with Crippen molar-refractivity contribution in [3.05, 3.63) is 53.6 Å². The number of carbonyl (C=O) groups is 2. The molecule has 0 atom stereocenters. The van der Waals surface area contributed by atoms with Crippen LogP contribution >= 0.6 is 0 Å². The molecule has 2 amide bonds. The third-order valence-corrected chi connectivity index (χ3v) is 4.94. The molecule has 3 rings (SSSR count). The van der Waals surface area contributed by atoms with Gasteiger partial charge in [0.15, 0.2) is 6.61 Å². The van der Waals surface area contributed by atoms with Gasteiger partial charge in [-0.25, -0.2) is 0 Å². The van der Waals surface area contributed by atoms with Crippen LogP contribution in [0.3, 0.4) is 0 Å². The molecule has 2 aromatic rings. The highest BCUT2D eigenvalue weighted by atomic mass is 16.5. The molecule has 1 aliphatic rings. The molecule has 0 bridgehead atoms. The minimum Gasteiger partial charge on any atom is -0.481 e. The normalized spacial score (nSPS) is 13.9. The summed E-state index contributed by atoms with van der Waals surface area (Å²) in [7, 11) is 3.94. The maximum atomic E-state index is 12.6. The Morgan fingerprint density at radius 1 is 1.14 bits per heavy atom. The average molecular weight is 396 g/mol. The second-order valence-electron chi connectivity index (χ2n) is 8.60. The summed E-state index contributed by atoms with van der Waals surface area (Å²) in [6.45, 7) is 7.78. The van der Waals surface area contributed by atoms with Crippen molar-refractivity contribution in [2.24, 2.45) is 0 Å². The summed E-state index contributed by atoms with van der Waals surface area (Å²) in [5.41, 5.74) is 3.19. The first-order valence-electron chi connectivity index (χ1n) is 9.79. The Kier molecular flexibility index (Phi) is 5.94. The van der Waals surface area contributed by atoms with Crippen LogP contribution in [0.2, 0.25) is 0 Å². The Labute approximate surface area is 172 Å². The molecule has 0 aromatic heterocycles. The van der Waals surface area contributed by atoms with E-state index >= 15 is 0 Å². The molecule has 0 fully saturated rings. The molecule has 2 aromatic carbocycles. The highest BCUT2D eigenvalue weighted by Crippen LogP contribution is 2.34. The molecular weight excluding hydrogens is 366 g/mol. The van der Waals surface area contributed by atoms with Gasteiger partial charge in [0.05, 0.1) is 5.69 Å². The lowest BCUT2D eigenvalue weighted by Crippen LogP contribution is -2.42. The zero-order valence-electron chi connectivity index (χ0n) is 17.8. The lowest BCUT2D eigenvalue weighted by Gasteiger charge is -2.30. The van der Waals surface area contributed by atoms with Gasteiger partial charge >= 0.3 is 0 Å². The largest absolute Gasteiger partial charge is 0.481 e. The summed E-state index contributed by atoms with van der Waals surface area (Å²) in [5, 5.41) is 2.91. The first kappa shape index (κ1) is 20.9. The van der Waals surface area contributed by atoms with Gasteiger partial charge in [-0.2, -0.15) is 0 Å². The summed E-state index contributed by atoms with van der Waals surface area (Å²) in [4.78, 5) is 28.6. The molecule has 29 heavy (non-hydrogen) atoms. The topological polar surface area (TPSA) is 61.9 Å². The molecule has 0 unspecified atom stereocenters. The number of rotatable bonds is 5. The zero-order chi connectivity index (χ0) is 21.2. The third-order valence-electron chi connectivity index (χ3n) is 4.94. The number of hydrogen-bond acceptors (Lipinski definition) is 4. The van der Waals surface area contributed by atoms with E-state index in [9.17, 15) is 9.59 Å². The van der Waals surface area contributed by atoms with E-state index < -0.39 is 0 Å². The Balaban J connectivity index is 1.74. The van der Waals surface area contributed by atoms with E-state index in [0.717, 1.165) is 12.2 Å². The van der Waals surface area contributed by atoms with E-state index in [-0.39, 0.29) is 23.8 Å². The summed E-state index contributed by atoms with van der Waals surface area (Å²) in [5.74, 6) is 0.362. The predicted molar refractivity (Wildman–Crippen MR) is 116 cm³/mol. The van der Waals surface area contributed by atoms with Gasteiger partial charge in [-0.15, -0.1) is 0 Å². The number of ether oxygens (including phenoxy) is 1. The number of carbonyl (C=O) groups excluding carboxylic acids is 2. The van der Waals surface area contributed by atoms with Crippen LogP contribution < -0.4 is 15.0 Å². The molecule has 1 heterocycles. The number of hydrogen-bond donors (Lipinski definition) is 1. The Hall–Kier alpha value is -2.86. The van der Waals surface area contributed by atoms with Crippen LogP contribution in [0.1, 0.15) is 36.7 Å². The van der Waals surface area contributed by atoms with Crippen LogP contribution in [0.4, 0.5) is 11.4 Å². The van der Waals surface area contributed by atoms with Crippen molar-refractivity contribution < 1.29 is 14.3 Å². The van der Waals surface area contributed by atoms with E-state index in [1.807, 2.05) is 49.3 Å². The van der Waals surface area contributed by atoms with Gasteiger partial charge in [-0.1, -0.05) is 32.9 Å². The molecule has 0 aliphatic carbocycles. The van der Waals surface area contributed by atoms with Crippen LogP contribution in [0.5, 0.6) is 5.75 Å². The van der Waals surface area contributed by atoms with Crippen LogP contribution in [0, 0.1) is 0 Å². The van der Waals surface area contributed by atoms with E-state index in [4.69, 9.17) is 4.74 Å². The fraction of sp³-hybridized carbons (Fsp3) is 0.391. The zero-order valence-corrected chi connectivity index (χ0v) is 17.8. The minimum absolute atomic E-state index is 0.00605. The summed E-state index contributed by atoms with van der Waals surface area (Å²) >= 11 is 0. The van der Waals surface area contributed by atoms with E-state index in [1.165, 1.54) is 5.56 Å². The Morgan fingerprint density at radius 3 is 2.45 bits per heavy atom. The Bertz CT molecular complexity index is 899. The highest BCUT2D eigenvalue weighted by molar-refractivity contribution is 6.05. The maximum absolute atomic E-state index is 12.6. The van der Waals surface area contributed by atoms with Crippen molar-refractivity contribution >= 4 is 23.2 Å². The number of likely N-dealkylation sites (N-methyl/N-ethyl adjacent to an activating group) is 1. The van der Waals surface area contributed by atoms with Crippen LogP contribution in [0.15, 0.2) is 42.5 Å². The summed E-state index contributed by atoms with van der Waals surface area (Å²) < 4.78 is 5.60. The molecule has 0 spiro atoms. The standard InChI is InChI=1S/C23H29N3O3/c1-23(2,3)17-8-6-16(7-9-17)22(28)24-18-10-11-19-20(14-18)29-15-21(27)26(19)13-12-25(4)5/h6-11,14H,12-13,15H2,1-5H3,(H,24,28). The quantitative estimate of drug-likeness (QED) is 0.841. The Morgan fingerprint density at radius 2 is 1.83 bits per heavy atom. The number of nitrogens with one attached hydrogen (secondary N) is 1. The van der Waals surface area contributed by atoms with E-state index in [1.54, 1.807) is 17.0 Å². The summed E-state index contributed by atoms with van der Waals surface area (Å²) in [6, 6.07) is 13.0. The molecule has 0 saturated carbocycles. The number of anilines is 2. The highest BCUT2D eigenvalue weighted by Gasteiger charge is 2.25. The molecule has 6 heteroatoms. The van der Waals surface area contributed by atoms with Gasteiger partial charge in [-0.3, -0.25) is 9.59 Å². The molecule has 1 N–H and O–H groups in total. The fourth-order valence-electron chi connectivity index (χ4n) is 3.15. The van der Waals surface area contributed by atoms with Crippen LogP contribution in [-0.4, -0.2) is 50.5 Å². The SMILES string of the molecule is CN(C)CCN1C(=O)COc2cc(NC(=O)c3ccc(C(C)(C)C)cc3)ccc21. The second kappa shape index (κ2) is 8.25. The van der Waals surface area contributed by atoms with Gasteiger partial charge < -0.3 is 19.9 Å². The van der Waals surface area contributed by atoms with E-state index in [2.05, 4.69) is 26.1 Å². The van der Waals surface area contributed by atoms with Gasteiger partial charge in [0, 0.05) is 30.4 Å². The maximum Gasteiger partial charge on any atom is 0.265 e. The van der Waals surface area contributed by atoms with Gasteiger partial charge in [0.25, 0.3) is 11.8 Å². The van der Waals surface area contributed by atoms with Crippen molar-refractivity contribution in [2.75, 3.05) is 44.0 Å². The molecular formula is C23H29N3O3. The number of fused-ring (bicyclic) bond motifs is 1. The van der Waals surface area contributed by atoms with Crippen molar-refractivity contribution in [3.63, 3.8) is 0 Å². The van der Waals surface area contributed by atoms with Crippen molar-refractivity contribution in [1.82, 2.24) is 4.90 Å². The van der Waals surface area contributed by atoms with Gasteiger partial charge in [0.2, 0.25) is 0 Å². The lowest BCUT2D eigenvalue weighted by molar-refractivity contribution is -0.121. The number of nitrogens with zero attached hydrogens (tertiary/aromatic N) is 2. The molecule has 1 aliphatic heterocycles. The predicted octanol–water partition coefficient (Wildman–Crippen LogP) is 3.52. The van der Waals surface area contributed by atoms with E-state index in [0.29, 0.717) is 23.5 Å². The summed E-state index contributed by atoms with van der Waals surface area (Å²) in [6.07, 6.45) is 0. The average Bonchev–Trinajstić information content (AvgIpc) is 2.66.